The van der Waals surface area contributed by atoms with Crippen LogP contribution < -0.4 is 4.84 Å². The van der Waals surface area contributed by atoms with Crippen LogP contribution in [0.1, 0.15) is 37.9 Å². The number of hydrogen-bond donors (Lipinski definition) is 1. The predicted molar refractivity (Wildman–Crippen MR) is 91.0 cm³/mol. The molecule has 1 N–H and O–H groups in total. The zero-order valence-corrected chi connectivity index (χ0v) is 13.9. The predicted octanol–water partition coefficient (Wildman–Crippen LogP) is 2.20. The summed E-state index contributed by atoms with van der Waals surface area (Å²) in [7, 11) is 0. The maximum Gasteiger partial charge on any atom is 0.179 e. The first-order valence-corrected chi connectivity index (χ1v) is 8.67. The molecule has 5 rings (SSSR count). The van der Waals surface area contributed by atoms with Crippen LogP contribution in [-0.4, -0.2) is 40.6 Å². The second-order valence-corrected chi connectivity index (χ2v) is 6.60. The first-order valence-electron chi connectivity index (χ1n) is 8.67. The lowest BCUT2D eigenvalue weighted by atomic mass is 9.93. The minimum Gasteiger partial charge on any atom is -0.393 e. The van der Waals surface area contributed by atoms with Gasteiger partial charge in [-0.05, 0) is 30.9 Å². The van der Waals surface area contributed by atoms with Crippen molar-refractivity contribution in [3.8, 4) is 0 Å². The number of rotatable bonds is 4. The Morgan fingerprint density at radius 1 is 1.32 bits per heavy atom. The van der Waals surface area contributed by atoms with Crippen molar-refractivity contribution in [1.29, 1.82) is 0 Å². The highest BCUT2D eigenvalue weighted by atomic mass is 16.7. The third kappa shape index (κ3) is 2.28. The van der Waals surface area contributed by atoms with Crippen LogP contribution in [0.15, 0.2) is 36.9 Å². The van der Waals surface area contributed by atoms with E-state index < -0.39 is 0 Å². The summed E-state index contributed by atoms with van der Waals surface area (Å²) < 4.78 is 2.13. The molecule has 1 saturated carbocycles. The van der Waals surface area contributed by atoms with Gasteiger partial charge in [-0.1, -0.05) is 13.3 Å². The highest BCUT2D eigenvalue weighted by Gasteiger charge is 2.38. The Balaban J connectivity index is 1.53. The van der Waals surface area contributed by atoms with Gasteiger partial charge in [0.15, 0.2) is 11.3 Å². The summed E-state index contributed by atoms with van der Waals surface area (Å²) in [5.74, 6) is 1.82. The Labute approximate surface area is 143 Å². The zero-order valence-electron chi connectivity index (χ0n) is 13.9. The molecule has 0 amide bonds. The summed E-state index contributed by atoms with van der Waals surface area (Å²) in [5.41, 5.74) is 2.65. The largest absolute Gasteiger partial charge is 0.393 e. The fraction of sp³-hybridized carbons (Fsp3) is 0.412. The molecule has 0 spiro atoms. The van der Waals surface area contributed by atoms with Gasteiger partial charge in [-0.2, -0.15) is 0 Å². The minimum absolute atomic E-state index is 0.130. The number of nitrogens with one attached hydrogen (secondary N) is 1. The van der Waals surface area contributed by atoms with E-state index >= 15 is 0 Å². The molecule has 0 aliphatic heterocycles. The van der Waals surface area contributed by atoms with Gasteiger partial charge in [-0.25, -0.2) is 4.98 Å². The lowest BCUT2D eigenvalue weighted by Crippen LogP contribution is -2.23. The first-order chi connectivity index (χ1) is 12.3. The van der Waals surface area contributed by atoms with Crippen molar-refractivity contribution < 1.29 is 4.84 Å². The summed E-state index contributed by atoms with van der Waals surface area (Å²) in [6.07, 6.45) is 10.3. The van der Waals surface area contributed by atoms with Crippen molar-refractivity contribution in [2.45, 2.75) is 38.2 Å². The Hall–Kier alpha value is -2.90. The molecule has 8 heteroatoms. The Morgan fingerprint density at radius 2 is 2.28 bits per heavy atom. The molecule has 1 aliphatic carbocycles. The summed E-state index contributed by atoms with van der Waals surface area (Å²) in [4.78, 5) is 15.1. The van der Waals surface area contributed by atoms with Crippen molar-refractivity contribution in [1.82, 2.24) is 34.5 Å². The van der Waals surface area contributed by atoms with Crippen LogP contribution in [0.5, 0.6) is 0 Å². The standard InChI is InChI=1S/C17H19N7O/c1-2-11-8-12(25-23-7-3-5-20-23)9-13(11)17-22-21-15-10-19-16-14(24(15)17)4-6-18-16/h3-7,10-13,18H,2,8-9H2,1H3. The highest BCUT2D eigenvalue weighted by Crippen LogP contribution is 2.41. The molecule has 3 atom stereocenters. The normalized spacial score (nSPS) is 23.6. The Bertz CT molecular complexity index is 1000. The number of hydrogen-bond acceptors (Lipinski definition) is 5. The maximum atomic E-state index is 5.99. The van der Waals surface area contributed by atoms with E-state index in [4.69, 9.17) is 4.84 Å². The van der Waals surface area contributed by atoms with Gasteiger partial charge in [0.05, 0.1) is 24.1 Å². The van der Waals surface area contributed by atoms with Gasteiger partial charge in [0.25, 0.3) is 0 Å². The summed E-state index contributed by atoms with van der Waals surface area (Å²) in [5, 5.41) is 13.0. The number of aromatic nitrogens is 7. The molecule has 4 aromatic heterocycles. The fourth-order valence-corrected chi connectivity index (χ4v) is 4.04. The zero-order chi connectivity index (χ0) is 16.8. The molecule has 128 valence electrons. The van der Waals surface area contributed by atoms with Crippen LogP contribution in [0.2, 0.25) is 0 Å². The summed E-state index contributed by atoms with van der Waals surface area (Å²) in [6.45, 7) is 2.23. The monoisotopic (exact) mass is 337 g/mol. The molecule has 0 bridgehead atoms. The van der Waals surface area contributed by atoms with Gasteiger partial charge < -0.3 is 9.82 Å². The van der Waals surface area contributed by atoms with E-state index in [1.54, 1.807) is 17.2 Å². The van der Waals surface area contributed by atoms with Gasteiger partial charge in [0, 0.05) is 12.1 Å². The lowest BCUT2D eigenvalue weighted by molar-refractivity contribution is 0.0166. The second-order valence-electron chi connectivity index (χ2n) is 6.60. The van der Waals surface area contributed by atoms with Gasteiger partial charge in [0.2, 0.25) is 0 Å². The number of aromatic amines is 1. The van der Waals surface area contributed by atoms with Crippen LogP contribution in [0.3, 0.4) is 0 Å². The Morgan fingerprint density at radius 3 is 3.12 bits per heavy atom. The molecule has 0 saturated heterocycles. The smallest absolute Gasteiger partial charge is 0.179 e. The van der Waals surface area contributed by atoms with Crippen LogP contribution in [0, 0.1) is 5.92 Å². The molecule has 8 nitrogen and oxygen atoms in total. The molecule has 4 heterocycles. The summed E-state index contributed by atoms with van der Waals surface area (Å²) >= 11 is 0. The van der Waals surface area contributed by atoms with E-state index in [0.29, 0.717) is 11.8 Å². The van der Waals surface area contributed by atoms with Crippen LogP contribution in [-0.2, 0) is 0 Å². The van der Waals surface area contributed by atoms with E-state index in [1.165, 1.54) is 0 Å². The average molecular weight is 337 g/mol. The van der Waals surface area contributed by atoms with Gasteiger partial charge in [-0.3, -0.25) is 4.40 Å². The van der Waals surface area contributed by atoms with E-state index in [1.807, 2.05) is 24.5 Å². The van der Waals surface area contributed by atoms with E-state index in [9.17, 15) is 0 Å². The van der Waals surface area contributed by atoms with Crippen LogP contribution in [0.25, 0.3) is 16.8 Å². The topological polar surface area (TPSA) is 85.9 Å². The lowest BCUT2D eigenvalue weighted by Gasteiger charge is -2.15. The molecule has 25 heavy (non-hydrogen) atoms. The van der Waals surface area contributed by atoms with E-state index in [-0.39, 0.29) is 6.10 Å². The molecule has 1 fully saturated rings. The molecular weight excluding hydrogens is 318 g/mol. The number of fused-ring (bicyclic) bond motifs is 3. The molecule has 1 aliphatic rings. The average Bonchev–Trinajstić information content (AvgIpc) is 3.40. The number of H-pyrrole nitrogens is 1. The van der Waals surface area contributed by atoms with Crippen molar-refractivity contribution in [2.75, 3.05) is 0 Å². The van der Waals surface area contributed by atoms with Crippen molar-refractivity contribution in [3.05, 3.63) is 42.7 Å². The molecule has 0 radical (unpaired) electrons. The quantitative estimate of drug-likeness (QED) is 0.617. The Kier molecular flexibility index (Phi) is 3.22. The maximum absolute atomic E-state index is 5.99. The minimum atomic E-state index is 0.130. The first kappa shape index (κ1) is 14.4. The molecule has 4 aromatic rings. The highest BCUT2D eigenvalue weighted by molar-refractivity contribution is 5.74. The molecule has 0 aromatic carbocycles. The van der Waals surface area contributed by atoms with E-state index in [2.05, 4.69) is 36.6 Å². The van der Waals surface area contributed by atoms with Gasteiger partial charge in [0.1, 0.15) is 11.9 Å². The van der Waals surface area contributed by atoms with E-state index in [0.717, 1.165) is 41.9 Å². The van der Waals surface area contributed by atoms with Crippen molar-refractivity contribution >= 4 is 16.8 Å². The molecule has 3 unspecified atom stereocenters. The van der Waals surface area contributed by atoms with Gasteiger partial charge in [-0.15, -0.1) is 20.1 Å². The third-order valence-corrected chi connectivity index (χ3v) is 5.21. The SMILES string of the molecule is CCC1CC(On2cccn2)CC1c1nnc2cnc3[nH]ccc3n12. The molecular formula is C17H19N7O. The van der Waals surface area contributed by atoms with Crippen molar-refractivity contribution in [3.63, 3.8) is 0 Å². The third-order valence-electron chi connectivity index (χ3n) is 5.21. The fourth-order valence-electron chi connectivity index (χ4n) is 4.04. The van der Waals surface area contributed by atoms with Crippen molar-refractivity contribution in [2.24, 2.45) is 5.92 Å². The van der Waals surface area contributed by atoms with Gasteiger partial charge >= 0.3 is 0 Å². The number of nitrogens with zero attached hydrogens (tertiary/aromatic N) is 6. The van der Waals surface area contributed by atoms with Crippen LogP contribution >= 0.6 is 0 Å². The van der Waals surface area contributed by atoms with Crippen LogP contribution in [0.4, 0.5) is 0 Å². The summed E-state index contributed by atoms with van der Waals surface area (Å²) in [6, 6.07) is 3.89. The second kappa shape index (κ2) is 5.58.